The van der Waals surface area contributed by atoms with Gasteiger partial charge in [0.2, 0.25) is 0 Å². The molecule has 29 heavy (non-hydrogen) atoms. The van der Waals surface area contributed by atoms with Gasteiger partial charge in [-0.15, -0.1) is 13.0 Å². The summed E-state index contributed by atoms with van der Waals surface area (Å²) in [7, 11) is 0. The van der Waals surface area contributed by atoms with E-state index in [1.807, 2.05) is 0 Å². The predicted octanol–water partition coefficient (Wildman–Crippen LogP) is 7.24. The lowest BCUT2D eigenvalue weighted by Gasteiger charge is -2.36. The van der Waals surface area contributed by atoms with Crippen LogP contribution in [0.25, 0.3) is 0 Å². The van der Waals surface area contributed by atoms with Gasteiger partial charge < -0.3 is 4.74 Å². The molecule has 0 heterocycles. The van der Waals surface area contributed by atoms with E-state index in [2.05, 4.69) is 49.8 Å². The van der Waals surface area contributed by atoms with Crippen molar-refractivity contribution in [3.63, 3.8) is 0 Å². The molecule has 0 aliphatic heterocycles. The number of hydrogen-bond acceptors (Lipinski definition) is 1. The molecule has 1 aromatic carbocycles. The van der Waals surface area contributed by atoms with Gasteiger partial charge in [-0.1, -0.05) is 61.9 Å². The summed E-state index contributed by atoms with van der Waals surface area (Å²) < 4.78 is 5.82. The van der Waals surface area contributed by atoms with E-state index in [0.29, 0.717) is 6.10 Å². The molecule has 0 radical (unpaired) electrons. The van der Waals surface area contributed by atoms with Crippen LogP contribution in [0.4, 0.5) is 0 Å². The van der Waals surface area contributed by atoms with Crippen LogP contribution in [-0.2, 0) is 16.6 Å². The highest BCUT2D eigenvalue weighted by Gasteiger charge is 2.35. The maximum absolute atomic E-state index is 6.03. The van der Waals surface area contributed by atoms with Gasteiger partial charge in [-0.2, -0.15) is 0 Å². The second kappa shape index (κ2) is 11.0. The Morgan fingerprint density at radius 1 is 1.03 bits per heavy atom. The molecular weight excluding hydrogens is 352 g/mol. The van der Waals surface area contributed by atoms with E-state index in [1.54, 1.807) is 0 Å². The van der Waals surface area contributed by atoms with Gasteiger partial charge in [0.05, 0.1) is 11.5 Å². The molecule has 2 aliphatic rings. The standard InChI is InChI=1S/C28H40O/c1-4-7-8-23-9-11-24(12-10-23)13-14-25-15-17-26(18-16-25)28(5-2)21-19-27(20-22-28)29-6-3/h2,4,15-18,23-24,27H,1,6-14,19-22H2,3H3/t23-,24-,27?,28?. The normalized spacial score (nSPS) is 29.9. The molecule has 0 N–H and O–H groups in total. The first-order valence-electron chi connectivity index (χ1n) is 12.0. The van der Waals surface area contributed by atoms with Crippen LogP contribution >= 0.6 is 0 Å². The number of benzene rings is 1. The van der Waals surface area contributed by atoms with Crippen molar-refractivity contribution < 1.29 is 4.74 Å². The number of allylic oxidation sites excluding steroid dienone is 1. The van der Waals surface area contributed by atoms with Gasteiger partial charge in [-0.05, 0) is 81.3 Å². The van der Waals surface area contributed by atoms with Crippen LogP contribution in [0.15, 0.2) is 36.9 Å². The number of rotatable bonds is 9. The first kappa shape index (κ1) is 22.2. The Morgan fingerprint density at radius 2 is 1.66 bits per heavy atom. The minimum atomic E-state index is -0.0873. The minimum absolute atomic E-state index is 0.0873. The molecule has 0 atom stereocenters. The summed E-state index contributed by atoms with van der Waals surface area (Å²) >= 11 is 0. The van der Waals surface area contributed by atoms with Gasteiger partial charge in [-0.3, -0.25) is 0 Å². The van der Waals surface area contributed by atoms with Gasteiger partial charge in [-0.25, -0.2) is 0 Å². The number of aryl methyl sites for hydroxylation is 1. The van der Waals surface area contributed by atoms with E-state index in [9.17, 15) is 0 Å². The summed E-state index contributed by atoms with van der Waals surface area (Å²) in [5.41, 5.74) is 2.72. The lowest BCUT2D eigenvalue weighted by molar-refractivity contribution is 0.0263. The zero-order valence-electron chi connectivity index (χ0n) is 18.5. The molecule has 2 saturated carbocycles. The van der Waals surface area contributed by atoms with Gasteiger partial charge >= 0.3 is 0 Å². The second-order valence-electron chi connectivity index (χ2n) is 9.37. The fourth-order valence-electron chi connectivity index (χ4n) is 5.53. The van der Waals surface area contributed by atoms with Crippen LogP contribution in [0.2, 0.25) is 0 Å². The lowest BCUT2D eigenvalue weighted by atomic mass is 9.69. The Morgan fingerprint density at radius 3 is 2.21 bits per heavy atom. The molecule has 0 amide bonds. The Kier molecular flexibility index (Phi) is 8.43. The van der Waals surface area contributed by atoms with Gasteiger partial charge in [0.1, 0.15) is 0 Å². The van der Waals surface area contributed by atoms with Gasteiger partial charge in [0.25, 0.3) is 0 Å². The first-order valence-corrected chi connectivity index (χ1v) is 12.0. The molecule has 3 rings (SSSR count). The quantitative estimate of drug-likeness (QED) is 0.318. The third-order valence-electron chi connectivity index (χ3n) is 7.56. The van der Waals surface area contributed by atoms with Gasteiger partial charge in [0.15, 0.2) is 0 Å². The molecule has 2 aliphatic carbocycles. The lowest BCUT2D eigenvalue weighted by Crippen LogP contribution is -2.33. The number of hydrogen-bond donors (Lipinski definition) is 0. The minimum Gasteiger partial charge on any atom is -0.379 e. The fraction of sp³-hybridized carbons (Fsp3) is 0.643. The highest BCUT2D eigenvalue weighted by Crippen LogP contribution is 2.40. The molecule has 1 heteroatoms. The molecule has 0 spiro atoms. The van der Waals surface area contributed by atoms with Crippen LogP contribution in [0.3, 0.4) is 0 Å². The zero-order valence-corrected chi connectivity index (χ0v) is 18.5. The largest absolute Gasteiger partial charge is 0.379 e. The van der Waals surface area contributed by atoms with Crippen LogP contribution in [0, 0.1) is 24.2 Å². The van der Waals surface area contributed by atoms with Crippen molar-refractivity contribution in [1.29, 1.82) is 0 Å². The van der Waals surface area contributed by atoms with E-state index in [4.69, 9.17) is 11.2 Å². The average molecular weight is 393 g/mol. The summed E-state index contributed by atoms with van der Waals surface area (Å²) in [6.45, 7) is 6.75. The molecule has 0 unspecified atom stereocenters. The van der Waals surface area contributed by atoms with Crippen molar-refractivity contribution >= 4 is 0 Å². The smallest absolute Gasteiger partial charge is 0.0576 e. The topological polar surface area (TPSA) is 9.23 Å². The maximum Gasteiger partial charge on any atom is 0.0576 e. The Hall–Kier alpha value is -1.52. The SMILES string of the molecule is C#CC1(c2ccc(CC[C@H]3CC[C@H](CCC=C)CC3)cc2)CCC(OCC)CC1. The summed E-state index contributed by atoms with van der Waals surface area (Å²) in [5.74, 6) is 5.02. The highest BCUT2D eigenvalue weighted by molar-refractivity contribution is 5.37. The van der Waals surface area contributed by atoms with Gasteiger partial charge in [0, 0.05) is 6.61 Å². The third kappa shape index (κ3) is 5.99. The molecule has 2 fully saturated rings. The monoisotopic (exact) mass is 392 g/mol. The van der Waals surface area contributed by atoms with E-state index in [1.165, 1.54) is 62.5 Å². The van der Waals surface area contributed by atoms with E-state index in [-0.39, 0.29) is 5.41 Å². The predicted molar refractivity (Wildman–Crippen MR) is 124 cm³/mol. The Labute approximate surface area is 179 Å². The van der Waals surface area contributed by atoms with Crippen molar-refractivity contribution in [2.24, 2.45) is 11.8 Å². The van der Waals surface area contributed by atoms with Crippen LogP contribution in [0.5, 0.6) is 0 Å². The summed E-state index contributed by atoms with van der Waals surface area (Å²) in [5, 5.41) is 0. The third-order valence-corrected chi connectivity index (χ3v) is 7.56. The van der Waals surface area contributed by atoms with E-state index < -0.39 is 0 Å². The molecule has 158 valence electrons. The zero-order chi connectivity index (χ0) is 20.5. The average Bonchev–Trinajstić information content (AvgIpc) is 2.78. The number of ether oxygens (including phenoxy) is 1. The molecule has 0 bridgehead atoms. The fourth-order valence-corrected chi connectivity index (χ4v) is 5.53. The van der Waals surface area contributed by atoms with Crippen LogP contribution in [-0.4, -0.2) is 12.7 Å². The summed E-state index contributed by atoms with van der Waals surface area (Å²) in [6.07, 6.45) is 23.5. The highest BCUT2D eigenvalue weighted by atomic mass is 16.5. The first-order chi connectivity index (χ1) is 14.2. The van der Waals surface area contributed by atoms with Crippen LogP contribution < -0.4 is 0 Å². The summed E-state index contributed by atoms with van der Waals surface area (Å²) in [6, 6.07) is 9.28. The maximum atomic E-state index is 6.03. The number of terminal acetylenes is 1. The van der Waals surface area contributed by atoms with E-state index >= 15 is 0 Å². The van der Waals surface area contributed by atoms with Crippen molar-refractivity contribution in [3.8, 4) is 12.3 Å². The van der Waals surface area contributed by atoms with Crippen molar-refractivity contribution in [2.75, 3.05) is 6.61 Å². The molecular formula is C28H40O. The second-order valence-corrected chi connectivity index (χ2v) is 9.37. The molecule has 1 aromatic rings. The van der Waals surface area contributed by atoms with Crippen molar-refractivity contribution in [2.45, 2.75) is 95.5 Å². The van der Waals surface area contributed by atoms with E-state index in [0.717, 1.165) is 44.1 Å². The molecule has 0 saturated heterocycles. The van der Waals surface area contributed by atoms with Crippen molar-refractivity contribution in [3.05, 3.63) is 48.0 Å². The summed E-state index contributed by atoms with van der Waals surface area (Å²) in [4.78, 5) is 0. The Balaban J connectivity index is 1.48. The Bertz CT molecular complexity index is 649. The van der Waals surface area contributed by atoms with Crippen molar-refractivity contribution in [1.82, 2.24) is 0 Å². The molecule has 1 nitrogen and oxygen atoms in total. The van der Waals surface area contributed by atoms with Crippen LogP contribution in [0.1, 0.15) is 88.7 Å². The molecule has 0 aromatic heterocycles.